The van der Waals surface area contributed by atoms with Crippen LogP contribution in [0.5, 0.6) is 0 Å². The lowest BCUT2D eigenvalue weighted by Crippen LogP contribution is -2.00. The quantitative estimate of drug-likeness (QED) is 0.169. The van der Waals surface area contributed by atoms with Crippen LogP contribution < -0.4 is 0 Å². The summed E-state index contributed by atoms with van der Waals surface area (Å²) in [4.78, 5) is 25.1. The van der Waals surface area contributed by atoms with E-state index in [1.807, 2.05) is 78.9 Å². The summed E-state index contributed by atoms with van der Waals surface area (Å²) in [5.41, 5.74) is 10.4. The third-order valence-electron chi connectivity index (χ3n) is 10.2. The predicted octanol–water partition coefficient (Wildman–Crippen LogP) is 12.9. The Bertz CT molecular complexity index is 3180. The van der Waals surface area contributed by atoms with Crippen LogP contribution in [0, 0.1) is 0 Å². The summed E-state index contributed by atoms with van der Waals surface area (Å²) < 4.78 is 8.90. The van der Waals surface area contributed by atoms with Gasteiger partial charge < -0.3 is 4.42 Å². The van der Waals surface area contributed by atoms with Crippen LogP contribution in [0.1, 0.15) is 0 Å². The van der Waals surface area contributed by atoms with Crippen LogP contribution in [-0.2, 0) is 0 Å². The topological polar surface area (TPSA) is 77.6 Å². The van der Waals surface area contributed by atoms with Gasteiger partial charge in [0.2, 0.25) is 0 Å². The first kappa shape index (κ1) is 32.1. The Labute approximate surface area is 325 Å². The molecule has 0 aliphatic rings. The van der Waals surface area contributed by atoms with Crippen molar-refractivity contribution in [1.82, 2.24) is 24.9 Å². The Morgan fingerprint density at radius 1 is 0.375 bits per heavy atom. The molecule has 4 aromatic heterocycles. The van der Waals surface area contributed by atoms with Gasteiger partial charge in [-0.1, -0.05) is 152 Å². The van der Waals surface area contributed by atoms with Crippen molar-refractivity contribution in [1.29, 1.82) is 0 Å². The Morgan fingerprint density at radius 3 is 1.61 bits per heavy atom. The average molecular weight is 736 g/mol. The van der Waals surface area contributed by atoms with Crippen molar-refractivity contribution < 1.29 is 4.42 Å². The lowest BCUT2D eigenvalue weighted by atomic mass is 10.0. The molecular formula is C49H29N5OS. The van der Waals surface area contributed by atoms with Crippen LogP contribution in [0.3, 0.4) is 0 Å². The molecule has 0 amide bonds. The van der Waals surface area contributed by atoms with Gasteiger partial charge >= 0.3 is 0 Å². The zero-order chi connectivity index (χ0) is 37.0. The smallest absolute Gasteiger partial charge is 0.164 e. The number of thiophene rings is 1. The molecule has 0 saturated carbocycles. The van der Waals surface area contributed by atoms with Crippen LogP contribution in [0.4, 0.5) is 0 Å². The van der Waals surface area contributed by atoms with Gasteiger partial charge in [-0.15, -0.1) is 11.3 Å². The van der Waals surface area contributed by atoms with Gasteiger partial charge in [0.05, 0.1) is 15.9 Å². The second-order valence-electron chi connectivity index (χ2n) is 13.6. The Hall–Kier alpha value is -7.35. The number of aromatic nitrogens is 5. The van der Waals surface area contributed by atoms with Crippen LogP contribution >= 0.6 is 11.3 Å². The molecule has 0 fully saturated rings. The van der Waals surface area contributed by atoms with E-state index in [2.05, 4.69) is 97.1 Å². The van der Waals surface area contributed by atoms with Crippen LogP contribution in [0.15, 0.2) is 180 Å². The number of furan rings is 1. The number of hydrogen-bond acceptors (Lipinski definition) is 7. The molecule has 4 heterocycles. The molecule has 262 valence electrons. The van der Waals surface area contributed by atoms with Crippen LogP contribution in [0.2, 0.25) is 0 Å². The number of nitrogens with zero attached hydrogens (tertiary/aromatic N) is 5. The first-order valence-electron chi connectivity index (χ1n) is 18.4. The number of benzene rings is 7. The number of hydrogen-bond donors (Lipinski definition) is 0. The lowest BCUT2D eigenvalue weighted by molar-refractivity contribution is 0.670. The van der Waals surface area contributed by atoms with Crippen molar-refractivity contribution in [2.75, 3.05) is 0 Å². The molecule has 56 heavy (non-hydrogen) atoms. The summed E-state index contributed by atoms with van der Waals surface area (Å²) >= 11 is 1.74. The molecule has 0 aliphatic heterocycles. The van der Waals surface area contributed by atoms with Crippen molar-refractivity contribution >= 4 is 53.6 Å². The number of fused-ring (bicyclic) bond motifs is 6. The fourth-order valence-electron chi connectivity index (χ4n) is 7.41. The fourth-order valence-corrected chi connectivity index (χ4v) is 8.57. The molecule has 0 unspecified atom stereocenters. The van der Waals surface area contributed by atoms with Gasteiger partial charge in [0, 0.05) is 54.2 Å². The minimum atomic E-state index is 0.604. The summed E-state index contributed by atoms with van der Waals surface area (Å²) in [6, 6.07) is 59.8. The SMILES string of the molecule is c1ccc(-c2nc(-c3ccccc3)nc(-c3ccc4oc5c(-c6ccc(-c7nc(-c8ccccc8)c8sc9ccccc9c8n7)cc6)cccc5c4c3)n2)cc1. The average Bonchev–Trinajstić information content (AvgIpc) is 3.85. The fraction of sp³-hybridized carbons (Fsp3) is 0. The molecule has 11 aromatic rings. The molecule has 6 nitrogen and oxygen atoms in total. The summed E-state index contributed by atoms with van der Waals surface area (Å²) in [6.45, 7) is 0. The molecule has 0 N–H and O–H groups in total. The van der Waals surface area contributed by atoms with Gasteiger partial charge in [-0.3, -0.25) is 0 Å². The van der Waals surface area contributed by atoms with E-state index in [1.54, 1.807) is 11.3 Å². The first-order chi connectivity index (χ1) is 27.7. The highest BCUT2D eigenvalue weighted by Gasteiger charge is 2.19. The molecule has 0 saturated heterocycles. The van der Waals surface area contributed by atoms with Crippen LogP contribution in [0.25, 0.3) is 110 Å². The maximum atomic E-state index is 6.60. The summed E-state index contributed by atoms with van der Waals surface area (Å²) in [7, 11) is 0. The van der Waals surface area contributed by atoms with Crippen LogP contribution in [-0.4, -0.2) is 24.9 Å². The third kappa shape index (κ3) is 5.52. The van der Waals surface area contributed by atoms with E-state index in [4.69, 9.17) is 29.3 Å². The van der Waals surface area contributed by atoms with E-state index >= 15 is 0 Å². The Balaban J connectivity index is 0.993. The predicted molar refractivity (Wildman–Crippen MR) is 228 cm³/mol. The molecule has 0 bridgehead atoms. The summed E-state index contributed by atoms with van der Waals surface area (Å²) in [5.74, 6) is 2.56. The van der Waals surface area contributed by atoms with E-state index in [0.717, 1.165) is 82.2 Å². The molecule has 7 heteroatoms. The normalized spacial score (nSPS) is 11.6. The largest absolute Gasteiger partial charge is 0.455 e. The van der Waals surface area contributed by atoms with Gasteiger partial charge in [-0.05, 0) is 29.8 Å². The van der Waals surface area contributed by atoms with Crippen molar-refractivity contribution in [3.05, 3.63) is 176 Å². The van der Waals surface area contributed by atoms with Gasteiger partial charge in [0.1, 0.15) is 11.2 Å². The molecule has 0 spiro atoms. The lowest BCUT2D eigenvalue weighted by Gasteiger charge is -2.08. The molecular weight excluding hydrogens is 707 g/mol. The van der Waals surface area contributed by atoms with Crippen molar-refractivity contribution in [2.24, 2.45) is 0 Å². The molecule has 0 atom stereocenters. The highest BCUT2D eigenvalue weighted by Crippen LogP contribution is 2.41. The minimum absolute atomic E-state index is 0.604. The standard InChI is InChI=1S/C49H29N5OS/c1-4-13-31(14-5-1)42-45-43(38-19-10-11-22-41(38)56-45)51-46(50-42)34-25-23-30(24-26-34)36-20-12-21-37-39-29-35(27-28-40(39)55-44(36)37)49-53-47(32-15-6-2-7-16-32)52-48(54-49)33-17-8-3-9-18-33/h1-29H. The Morgan fingerprint density at radius 2 is 0.911 bits per heavy atom. The van der Waals surface area contributed by atoms with E-state index in [0.29, 0.717) is 23.3 Å². The maximum Gasteiger partial charge on any atom is 0.164 e. The van der Waals surface area contributed by atoms with Gasteiger partial charge in [-0.2, -0.15) is 0 Å². The van der Waals surface area contributed by atoms with Crippen molar-refractivity contribution in [3.63, 3.8) is 0 Å². The third-order valence-corrected chi connectivity index (χ3v) is 11.3. The zero-order valence-electron chi connectivity index (χ0n) is 29.8. The molecule has 0 radical (unpaired) electrons. The van der Waals surface area contributed by atoms with E-state index < -0.39 is 0 Å². The first-order valence-corrected chi connectivity index (χ1v) is 19.2. The second-order valence-corrected chi connectivity index (χ2v) is 14.7. The maximum absolute atomic E-state index is 6.60. The monoisotopic (exact) mass is 735 g/mol. The van der Waals surface area contributed by atoms with Gasteiger partial charge in [-0.25, -0.2) is 24.9 Å². The van der Waals surface area contributed by atoms with E-state index in [-0.39, 0.29) is 0 Å². The van der Waals surface area contributed by atoms with Gasteiger partial charge in [0.15, 0.2) is 23.3 Å². The molecule has 0 aliphatic carbocycles. The summed E-state index contributed by atoms with van der Waals surface area (Å²) in [5, 5.41) is 3.17. The van der Waals surface area contributed by atoms with E-state index in [9.17, 15) is 0 Å². The van der Waals surface area contributed by atoms with Gasteiger partial charge in [0.25, 0.3) is 0 Å². The Kier molecular flexibility index (Phi) is 7.57. The highest BCUT2D eigenvalue weighted by atomic mass is 32.1. The van der Waals surface area contributed by atoms with Crippen molar-refractivity contribution in [2.45, 2.75) is 0 Å². The molecule has 11 rings (SSSR count). The van der Waals surface area contributed by atoms with Crippen molar-refractivity contribution in [3.8, 4) is 67.9 Å². The highest BCUT2D eigenvalue weighted by molar-refractivity contribution is 7.26. The number of para-hydroxylation sites is 1. The molecule has 7 aromatic carbocycles. The number of rotatable bonds is 6. The zero-order valence-corrected chi connectivity index (χ0v) is 30.6. The summed E-state index contributed by atoms with van der Waals surface area (Å²) in [6.07, 6.45) is 0. The minimum Gasteiger partial charge on any atom is -0.455 e. The second kappa shape index (κ2) is 13.2. The van der Waals surface area contributed by atoms with E-state index in [1.165, 1.54) is 4.70 Å².